The molecule has 0 aliphatic rings. The third-order valence-electron chi connectivity index (χ3n) is 3.74. The van der Waals surface area contributed by atoms with Gasteiger partial charge in [0, 0.05) is 18.9 Å². The molecule has 110 valence electrons. The maximum Gasteiger partial charge on any atom is 0.105 e. The summed E-state index contributed by atoms with van der Waals surface area (Å²) < 4.78 is 7.46. The highest BCUT2D eigenvalue weighted by Gasteiger charge is 2.19. The summed E-state index contributed by atoms with van der Waals surface area (Å²) in [5, 5.41) is 9.54. The maximum atomic E-state index is 5.51. The first-order chi connectivity index (χ1) is 10.3. The van der Waals surface area contributed by atoms with E-state index in [1.54, 1.807) is 6.26 Å². The molecule has 4 heteroatoms. The Hall–Kier alpha value is -2.07. The Morgan fingerprint density at radius 1 is 1.24 bits per heavy atom. The van der Waals surface area contributed by atoms with Crippen LogP contribution in [0.1, 0.15) is 30.8 Å². The lowest BCUT2D eigenvalue weighted by Gasteiger charge is -2.15. The van der Waals surface area contributed by atoms with Crippen molar-refractivity contribution in [3.63, 3.8) is 0 Å². The highest BCUT2D eigenvalue weighted by molar-refractivity contribution is 5.82. The van der Waals surface area contributed by atoms with Gasteiger partial charge in [0.15, 0.2) is 0 Å². The molecule has 0 saturated heterocycles. The zero-order chi connectivity index (χ0) is 14.7. The van der Waals surface area contributed by atoms with Crippen LogP contribution >= 0.6 is 0 Å². The molecule has 0 aliphatic carbocycles. The van der Waals surface area contributed by atoms with Gasteiger partial charge in [0.2, 0.25) is 0 Å². The number of rotatable bonds is 6. The predicted molar refractivity (Wildman–Crippen MR) is 84.2 cm³/mol. The summed E-state index contributed by atoms with van der Waals surface area (Å²) in [7, 11) is 2.00. The number of furan rings is 1. The van der Waals surface area contributed by atoms with Crippen molar-refractivity contribution in [1.82, 2.24) is 15.1 Å². The minimum absolute atomic E-state index is 0.169. The van der Waals surface area contributed by atoms with E-state index in [-0.39, 0.29) is 6.04 Å². The predicted octanol–water partition coefficient (Wildman–Crippen LogP) is 3.45. The lowest BCUT2D eigenvalue weighted by Crippen LogP contribution is -2.24. The van der Waals surface area contributed by atoms with Gasteiger partial charge in [-0.05, 0) is 31.2 Å². The van der Waals surface area contributed by atoms with E-state index < -0.39 is 0 Å². The fourth-order valence-corrected chi connectivity index (χ4v) is 2.71. The molecular weight excluding hydrogens is 262 g/mol. The molecule has 0 aliphatic heterocycles. The van der Waals surface area contributed by atoms with Crippen molar-refractivity contribution in [2.75, 3.05) is 6.54 Å². The molecular formula is C17H21N3O. The molecule has 1 atom stereocenters. The van der Waals surface area contributed by atoms with Crippen LogP contribution in [0.2, 0.25) is 0 Å². The Balaban J connectivity index is 1.97. The highest BCUT2D eigenvalue weighted by Crippen LogP contribution is 2.26. The second-order valence-electron chi connectivity index (χ2n) is 5.32. The van der Waals surface area contributed by atoms with Crippen molar-refractivity contribution in [3.05, 3.63) is 54.1 Å². The normalized spacial score (nSPS) is 12.9. The van der Waals surface area contributed by atoms with E-state index in [0.29, 0.717) is 0 Å². The van der Waals surface area contributed by atoms with Crippen molar-refractivity contribution < 1.29 is 4.42 Å². The summed E-state index contributed by atoms with van der Waals surface area (Å²) in [4.78, 5) is 0. The molecule has 4 nitrogen and oxygen atoms in total. The fraction of sp³-hybridized carbons (Fsp3) is 0.353. The van der Waals surface area contributed by atoms with Gasteiger partial charge in [-0.2, -0.15) is 5.10 Å². The zero-order valence-electron chi connectivity index (χ0n) is 12.5. The third-order valence-corrected chi connectivity index (χ3v) is 3.74. The van der Waals surface area contributed by atoms with Crippen LogP contribution in [0.25, 0.3) is 10.9 Å². The van der Waals surface area contributed by atoms with E-state index in [9.17, 15) is 0 Å². The van der Waals surface area contributed by atoms with E-state index in [0.717, 1.165) is 36.4 Å². The maximum absolute atomic E-state index is 5.51. The van der Waals surface area contributed by atoms with Crippen LogP contribution in [0.4, 0.5) is 0 Å². The molecule has 0 spiro atoms. The van der Waals surface area contributed by atoms with Gasteiger partial charge in [0.05, 0.1) is 23.5 Å². The molecule has 3 aromatic rings. The van der Waals surface area contributed by atoms with E-state index >= 15 is 0 Å². The minimum Gasteiger partial charge on any atom is -0.469 e. The molecule has 3 rings (SSSR count). The summed E-state index contributed by atoms with van der Waals surface area (Å²) in [5.41, 5.74) is 2.26. The van der Waals surface area contributed by atoms with Crippen LogP contribution in [0.15, 0.2) is 47.1 Å². The topological polar surface area (TPSA) is 43.0 Å². The van der Waals surface area contributed by atoms with Crippen molar-refractivity contribution in [2.24, 2.45) is 7.05 Å². The third kappa shape index (κ3) is 2.85. The number of hydrogen-bond acceptors (Lipinski definition) is 3. The molecule has 0 bridgehead atoms. The monoisotopic (exact) mass is 283 g/mol. The van der Waals surface area contributed by atoms with Crippen LogP contribution in [0.3, 0.4) is 0 Å². The minimum atomic E-state index is 0.169. The van der Waals surface area contributed by atoms with Crippen LogP contribution < -0.4 is 5.32 Å². The second-order valence-corrected chi connectivity index (χ2v) is 5.32. The van der Waals surface area contributed by atoms with Crippen LogP contribution in [0.5, 0.6) is 0 Å². The summed E-state index contributed by atoms with van der Waals surface area (Å²) >= 11 is 0. The van der Waals surface area contributed by atoms with Crippen LogP contribution in [-0.4, -0.2) is 16.3 Å². The lowest BCUT2D eigenvalue weighted by molar-refractivity contribution is 0.443. The van der Waals surface area contributed by atoms with Gasteiger partial charge >= 0.3 is 0 Å². The molecule has 2 heterocycles. The molecule has 1 unspecified atom stereocenters. The summed E-state index contributed by atoms with van der Waals surface area (Å²) in [5.74, 6) is 0.985. The van der Waals surface area contributed by atoms with E-state index in [1.807, 2.05) is 23.9 Å². The van der Waals surface area contributed by atoms with E-state index in [2.05, 4.69) is 36.5 Å². The van der Waals surface area contributed by atoms with Crippen molar-refractivity contribution in [3.8, 4) is 0 Å². The highest BCUT2D eigenvalue weighted by atomic mass is 16.3. The lowest BCUT2D eigenvalue weighted by atomic mass is 10.0. The Labute approximate surface area is 124 Å². The number of fused-ring (bicyclic) bond motifs is 1. The number of nitrogens with zero attached hydrogens (tertiary/aromatic N) is 2. The quantitative estimate of drug-likeness (QED) is 0.753. The number of benzene rings is 1. The number of para-hydroxylation sites is 1. The number of nitrogens with one attached hydrogen (secondary N) is 1. The van der Waals surface area contributed by atoms with Gasteiger partial charge < -0.3 is 9.73 Å². The molecule has 0 saturated carbocycles. The second kappa shape index (κ2) is 6.14. The largest absolute Gasteiger partial charge is 0.469 e. The molecule has 0 radical (unpaired) electrons. The number of aryl methyl sites for hydroxylation is 1. The summed E-state index contributed by atoms with van der Waals surface area (Å²) in [6.45, 7) is 3.14. The zero-order valence-corrected chi connectivity index (χ0v) is 12.5. The average Bonchev–Trinajstić information content (AvgIpc) is 3.12. The van der Waals surface area contributed by atoms with E-state index in [4.69, 9.17) is 9.52 Å². The molecule has 1 aromatic carbocycles. The van der Waals surface area contributed by atoms with Gasteiger partial charge in [-0.25, -0.2) is 0 Å². The van der Waals surface area contributed by atoms with Crippen LogP contribution in [-0.2, 0) is 13.5 Å². The first-order valence-electron chi connectivity index (χ1n) is 7.47. The molecule has 2 aromatic heterocycles. The Bertz CT molecular complexity index is 700. The van der Waals surface area contributed by atoms with Gasteiger partial charge in [-0.3, -0.25) is 4.68 Å². The van der Waals surface area contributed by atoms with Crippen molar-refractivity contribution >= 4 is 10.9 Å². The van der Waals surface area contributed by atoms with Gasteiger partial charge in [-0.1, -0.05) is 25.1 Å². The van der Waals surface area contributed by atoms with Crippen LogP contribution in [0, 0.1) is 0 Å². The van der Waals surface area contributed by atoms with Gasteiger partial charge in [0.25, 0.3) is 0 Å². The van der Waals surface area contributed by atoms with E-state index in [1.165, 1.54) is 5.39 Å². The SMILES string of the molecule is CCCNC(Cc1ccco1)c1nn(C)c2ccccc12. The standard InChI is InChI=1S/C17H21N3O/c1-3-10-18-15(12-13-7-6-11-21-13)17-14-8-4-5-9-16(14)20(2)19-17/h4-9,11,15,18H,3,10,12H2,1-2H3. The van der Waals surface area contributed by atoms with Gasteiger partial charge in [-0.15, -0.1) is 0 Å². The average molecular weight is 283 g/mol. The summed E-state index contributed by atoms with van der Waals surface area (Å²) in [6, 6.07) is 12.5. The van der Waals surface area contributed by atoms with Crippen molar-refractivity contribution in [1.29, 1.82) is 0 Å². The first kappa shape index (κ1) is 13.9. The molecule has 0 fully saturated rings. The molecule has 0 amide bonds. The molecule has 1 N–H and O–H groups in total. The Morgan fingerprint density at radius 2 is 2.10 bits per heavy atom. The number of aromatic nitrogens is 2. The Kier molecular flexibility index (Phi) is 4.06. The van der Waals surface area contributed by atoms with Crippen molar-refractivity contribution in [2.45, 2.75) is 25.8 Å². The van der Waals surface area contributed by atoms with Gasteiger partial charge in [0.1, 0.15) is 5.76 Å². The molecule has 21 heavy (non-hydrogen) atoms. The Morgan fingerprint density at radius 3 is 2.86 bits per heavy atom. The smallest absolute Gasteiger partial charge is 0.105 e. The fourth-order valence-electron chi connectivity index (χ4n) is 2.71. The number of hydrogen-bond donors (Lipinski definition) is 1. The summed E-state index contributed by atoms with van der Waals surface area (Å²) in [6.07, 6.45) is 3.64. The first-order valence-corrected chi connectivity index (χ1v) is 7.47.